The summed E-state index contributed by atoms with van der Waals surface area (Å²) in [5.41, 5.74) is 1.89. The summed E-state index contributed by atoms with van der Waals surface area (Å²) in [6, 6.07) is 7.36. The molecule has 2 N–H and O–H groups in total. The smallest absolute Gasteiger partial charge is 0.317 e. The third-order valence-electron chi connectivity index (χ3n) is 2.06. The lowest BCUT2D eigenvalue weighted by atomic mass is 10.1. The first-order valence-electron chi connectivity index (χ1n) is 4.77. The van der Waals surface area contributed by atoms with Crippen LogP contribution in [0.3, 0.4) is 0 Å². The van der Waals surface area contributed by atoms with Crippen LogP contribution in [0.15, 0.2) is 24.3 Å². The predicted molar refractivity (Wildman–Crippen MR) is 58.3 cm³/mol. The van der Waals surface area contributed by atoms with Crippen LogP contribution < -0.4 is 5.32 Å². The molecule has 0 saturated heterocycles. The van der Waals surface area contributed by atoms with E-state index in [0.717, 1.165) is 11.1 Å². The summed E-state index contributed by atoms with van der Waals surface area (Å²) >= 11 is 0. The maximum atomic E-state index is 11.2. The molecule has 0 bridgehead atoms. The van der Waals surface area contributed by atoms with Crippen LogP contribution in [0.5, 0.6) is 0 Å². The van der Waals surface area contributed by atoms with Crippen molar-refractivity contribution in [1.82, 2.24) is 10.2 Å². The number of nitrogens with zero attached hydrogens (tertiary/aromatic N) is 1. The van der Waals surface area contributed by atoms with Gasteiger partial charge >= 0.3 is 6.03 Å². The molecule has 1 aromatic carbocycles. The van der Waals surface area contributed by atoms with Crippen molar-refractivity contribution in [1.29, 1.82) is 0 Å². The highest BCUT2D eigenvalue weighted by atomic mass is 16.3. The van der Waals surface area contributed by atoms with E-state index in [2.05, 4.69) is 5.32 Å². The first-order chi connectivity index (χ1) is 7.13. The largest absolute Gasteiger partial charge is 0.392 e. The van der Waals surface area contributed by atoms with Crippen LogP contribution in [0.25, 0.3) is 0 Å². The van der Waals surface area contributed by atoms with E-state index in [-0.39, 0.29) is 12.6 Å². The molecule has 0 aromatic heterocycles. The van der Waals surface area contributed by atoms with Crippen molar-refractivity contribution in [3.63, 3.8) is 0 Å². The molecule has 0 radical (unpaired) electrons. The zero-order valence-corrected chi connectivity index (χ0v) is 9.03. The van der Waals surface area contributed by atoms with Crippen LogP contribution in [0.4, 0.5) is 4.79 Å². The van der Waals surface area contributed by atoms with Crippen LogP contribution in [-0.4, -0.2) is 30.1 Å². The predicted octanol–water partition coefficient (Wildman–Crippen LogP) is 0.950. The molecular formula is C11H16N2O2. The van der Waals surface area contributed by atoms with E-state index in [1.54, 1.807) is 14.1 Å². The average molecular weight is 208 g/mol. The number of carbonyl (C=O) groups excluding carboxylic acids is 1. The van der Waals surface area contributed by atoms with Gasteiger partial charge in [0.1, 0.15) is 0 Å². The number of rotatable bonds is 3. The number of aliphatic hydroxyl groups excluding tert-OH is 1. The number of carbonyl (C=O) groups is 1. The van der Waals surface area contributed by atoms with Gasteiger partial charge in [-0.2, -0.15) is 0 Å². The fourth-order valence-electron chi connectivity index (χ4n) is 1.10. The van der Waals surface area contributed by atoms with Crippen molar-refractivity contribution in [2.75, 3.05) is 14.1 Å². The lowest BCUT2D eigenvalue weighted by Gasteiger charge is -2.11. The highest BCUT2D eigenvalue weighted by molar-refractivity contribution is 5.73. The Balaban J connectivity index is 2.47. The molecule has 15 heavy (non-hydrogen) atoms. The molecule has 0 saturated carbocycles. The second kappa shape index (κ2) is 5.36. The van der Waals surface area contributed by atoms with Gasteiger partial charge in [0.2, 0.25) is 0 Å². The summed E-state index contributed by atoms with van der Waals surface area (Å²) in [6.45, 7) is 0.549. The maximum Gasteiger partial charge on any atom is 0.317 e. The molecule has 0 aliphatic rings. The van der Waals surface area contributed by atoms with Crippen LogP contribution in [0.2, 0.25) is 0 Å². The highest BCUT2D eigenvalue weighted by Crippen LogP contribution is 2.03. The van der Waals surface area contributed by atoms with Gasteiger partial charge in [0, 0.05) is 20.6 Å². The van der Waals surface area contributed by atoms with E-state index < -0.39 is 0 Å². The molecule has 82 valence electrons. The zero-order valence-electron chi connectivity index (χ0n) is 9.03. The molecule has 0 atom stereocenters. The number of hydrogen-bond acceptors (Lipinski definition) is 2. The number of hydrogen-bond donors (Lipinski definition) is 2. The van der Waals surface area contributed by atoms with Crippen LogP contribution >= 0.6 is 0 Å². The Hall–Kier alpha value is -1.55. The highest BCUT2D eigenvalue weighted by Gasteiger charge is 2.01. The summed E-state index contributed by atoms with van der Waals surface area (Å²) in [5.74, 6) is 0. The molecule has 0 spiro atoms. The average Bonchev–Trinajstić information content (AvgIpc) is 2.26. The fourth-order valence-corrected chi connectivity index (χ4v) is 1.10. The molecule has 4 heteroatoms. The Bertz CT molecular complexity index is 320. The van der Waals surface area contributed by atoms with Crippen molar-refractivity contribution >= 4 is 6.03 Å². The van der Waals surface area contributed by atoms with Gasteiger partial charge in [0.05, 0.1) is 6.61 Å². The summed E-state index contributed by atoms with van der Waals surface area (Å²) in [4.78, 5) is 12.7. The maximum absolute atomic E-state index is 11.2. The van der Waals surface area contributed by atoms with Gasteiger partial charge < -0.3 is 15.3 Å². The summed E-state index contributed by atoms with van der Waals surface area (Å²) in [7, 11) is 3.40. The van der Waals surface area contributed by atoms with Gasteiger partial charge in [-0.05, 0) is 11.1 Å². The van der Waals surface area contributed by atoms with Crippen molar-refractivity contribution in [3.8, 4) is 0 Å². The Kier molecular flexibility index (Phi) is 4.12. The Morgan fingerprint density at radius 2 is 1.80 bits per heavy atom. The van der Waals surface area contributed by atoms with E-state index >= 15 is 0 Å². The minimum Gasteiger partial charge on any atom is -0.392 e. The van der Waals surface area contributed by atoms with Crippen molar-refractivity contribution in [2.45, 2.75) is 13.2 Å². The Morgan fingerprint density at radius 1 is 1.27 bits per heavy atom. The Labute approximate surface area is 89.5 Å². The van der Waals surface area contributed by atoms with E-state index in [9.17, 15) is 4.79 Å². The molecule has 1 aromatic rings. The molecule has 0 heterocycles. The fraction of sp³-hybridized carbons (Fsp3) is 0.364. The second-order valence-electron chi connectivity index (χ2n) is 3.53. The molecule has 0 unspecified atom stereocenters. The number of amides is 2. The molecule has 4 nitrogen and oxygen atoms in total. The zero-order chi connectivity index (χ0) is 11.3. The quantitative estimate of drug-likeness (QED) is 0.777. The van der Waals surface area contributed by atoms with Gasteiger partial charge in [-0.15, -0.1) is 0 Å². The second-order valence-corrected chi connectivity index (χ2v) is 3.53. The lowest BCUT2D eigenvalue weighted by Crippen LogP contribution is -2.33. The summed E-state index contributed by atoms with van der Waals surface area (Å²) in [5, 5.41) is 11.6. The van der Waals surface area contributed by atoms with Crippen molar-refractivity contribution in [3.05, 3.63) is 35.4 Å². The standard InChI is InChI=1S/C11H16N2O2/c1-13(2)11(15)12-7-9-3-5-10(8-14)6-4-9/h3-6,14H,7-8H2,1-2H3,(H,12,15). The normalized spacial score (nSPS) is 9.80. The van der Waals surface area contributed by atoms with Gasteiger partial charge in [0.25, 0.3) is 0 Å². The number of urea groups is 1. The number of benzene rings is 1. The van der Waals surface area contributed by atoms with Gasteiger partial charge in [-0.25, -0.2) is 4.79 Å². The first kappa shape index (κ1) is 11.5. The molecule has 0 aliphatic carbocycles. The van der Waals surface area contributed by atoms with Gasteiger partial charge in [-0.3, -0.25) is 0 Å². The van der Waals surface area contributed by atoms with Gasteiger partial charge in [-0.1, -0.05) is 24.3 Å². The minimum absolute atomic E-state index is 0.0460. The summed E-state index contributed by atoms with van der Waals surface area (Å²) in [6.07, 6.45) is 0. The van der Waals surface area contributed by atoms with Crippen LogP contribution in [0, 0.1) is 0 Å². The van der Waals surface area contributed by atoms with Crippen molar-refractivity contribution < 1.29 is 9.90 Å². The third-order valence-corrected chi connectivity index (χ3v) is 2.06. The van der Waals surface area contributed by atoms with Crippen molar-refractivity contribution in [2.24, 2.45) is 0 Å². The third kappa shape index (κ3) is 3.59. The first-order valence-corrected chi connectivity index (χ1v) is 4.77. The van der Waals surface area contributed by atoms with E-state index in [1.165, 1.54) is 4.90 Å². The number of aliphatic hydroxyl groups is 1. The molecule has 0 fully saturated rings. The summed E-state index contributed by atoms with van der Waals surface area (Å²) < 4.78 is 0. The van der Waals surface area contributed by atoms with Gasteiger partial charge in [0.15, 0.2) is 0 Å². The van der Waals surface area contributed by atoms with Crippen LogP contribution in [-0.2, 0) is 13.2 Å². The van der Waals surface area contributed by atoms with Crippen LogP contribution in [0.1, 0.15) is 11.1 Å². The minimum atomic E-state index is -0.110. The topological polar surface area (TPSA) is 52.6 Å². The lowest BCUT2D eigenvalue weighted by molar-refractivity contribution is 0.217. The monoisotopic (exact) mass is 208 g/mol. The molecule has 1 rings (SSSR count). The van der Waals surface area contributed by atoms with E-state index in [1.807, 2.05) is 24.3 Å². The Morgan fingerprint density at radius 3 is 2.27 bits per heavy atom. The SMILES string of the molecule is CN(C)C(=O)NCc1ccc(CO)cc1. The van der Waals surface area contributed by atoms with E-state index in [4.69, 9.17) is 5.11 Å². The number of nitrogens with one attached hydrogen (secondary N) is 1. The van der Waals surface area contributed by atoms with E-state index in [0.29, 0.717) is 6.54 Å². The molecule has 2 amide bonds. The molecule has 0 aliphatic heterocycles. The molecular weight excluding hydrogens is 192 g/mol.